The van der Waals surface area contributed by atoms with E-state index in [0.29, 0.717) is 6.04 Å². The van der Waals surface area contributed by atoms with Crippen LogP contribution in [0.4, 0.5) is 5.69 Å². The van der Waals surface area contributed by atoms with E-state index in [0.717, 1.165) is 26.2 Å². The molecule has 0 amide bonds. The van der Waals surface area contributed by atoms with Gasteiger partial charge in [-0.1, -0.05) is 13.8 Å². The Hall–Kier alpha value is -1.13. The number of pyridine rings is 1. The van der Waals surface area contributed by atoms with Crippen LogP contribution in [0.25, 0.3) is 0 Å². The van der Waals surface area contributed by atoms with E-state index in [2.05, 4.69) is 47.1 Å². The average Bonchev–Trinajstić information content (AvgIpc) is 2.61. The quantitative estimate of drug-likeness (QED) is 0.895. The van der Waals surface area contributed by atoms with E-state index in [4.69, 9.17) is 0 Å². The predicted octanol–water partition coefficient (Wildman–Crippen LogP) is 1.72. The van der Waals surface area contributed by atoms with Crippen LogP contribution in [0, 0.1) is 0 Å². The van der Waals surface area contributed by atoms with E-state index < -0.39 is 0 Å². The summed E-state index contributed by atoms with van der Waals surface area (Å²) in [7, 11) is 2.20. The molecule has 0 radical (unpaired) electrons. The van der Waals surface area contributed by atoms with Crippen LogP contribution < -0.4 is 10.2 Å². The van der Waals surface area contributed by atoms with Crippen molar-refractivity contribution in [3.05, 3.63) is 24.0 Å². The van der Waals surface area contributed by atoms with E-state index in [1.165, 1.54) is 24.2 Å². The van der Waals surface area contributed by atoms with Crippen LogP contribution in [0.15, 0.2) is 18.5 Å². The lowest BCUT2D eigenvalue weighted by Gasteiger charge is -2.25. The number of rotatable bonds is 4. The summed E-state index contributed by atoms with van der Waals surface area (Å²) in [6, 6.07) is 2.65. The first-order chi connectivity index (χ1) is 9.16. The fourth-order valence-corrected chi connectivity index (χ4v) is 2.45. The van der Waals surface area contributed by atoms with Crippen molar-refractivity contribution < 1.29 is 0 Å². The summed E-state index contributed by atoms with van der Waals surface area (Å²) >= 11 is 0. The molecule has 1 aliphatic heterocycles. The second-order valence-corrected chi connectivity index (χ2v) is 5.68. The van der Waals surface area contributed by atoms with Crippen LogP contribution in [0.1, 0.15) is 25.8 Å². The number of nitrogens with zero attached hydrogens (tertiary/aromatic N) is 3. The molecule has 2 heterocycles. The lowest BCUT2D eigenvalue weighted by molar-refractivity contribution is 0.360. The normalized spacial score (nSPS) is 17.8. The Labute approximate surface area is 116 Å². The number of aromatic nitrogens is 1. The van der Waals surface area contributed by atoms with Crippen LogP contribution in [0.3, 0.4) is 0 Å². The van der Waals surface area contributed by atoms with Gasteiger partial charge in [-0.15, -0.1) is 0 Å². The monoisotopic (exact) mass is 262 g/mol. The zero-order valence-electron chi connectivity index (χ0n) is 12.4. The molecule has 1 saturated heterocycles. The molecular weight excluding hydrogens is 236 g/mol. The summed E-state index contributed by atoms with van der Waals surface area (Å²) in [5, 5.41) is 3.50. The molecule has 1 aliphatic rings. The van der Waals surface area contributed by atoms with E-state index in [1.54, 1.807) is 0 Å². The summed E-state index contributed by atoms with van der Waals surface area (Å²) < 4.78 is 0. The first kappa shape index (κ1) is 14.3. The molecule has 19 heavy (non-hydrogen) atoms. The Bertz CT molecular complexity index is 391. The first-order valence-electron chi connectivity index (χ1n) is 7.26. The van der Waals surface area contributed by atoms with Crippen molar-refractivity contribution in [2.45, 2.75) is 32.9 Å². The average molecular weight is 262 g/mol. The van der Waals surface area contributed by atoms with Gasteiger partial charge in [-0.05, 0) is 31.6 Å². The topological polar surface area (TPSA) is 31.4 Å². The molecule has 2 rings (SSSR count). The molecule has 1 fully saturated rings. The van der Waals surface area contributed by atoms with Gasteiger partial charge in [0.2, 0.25) is 0 Å². The van der Waals surface area contributed by atoms with Crippen molar-refractivity contribution in [3.63, 3.8) is 0 Å². The molecule has 0 bridgehead atoms. The fraction of sp³-hybridized carbons (Fsp3) is 0.667. The highest BCUT2D eigenvalue weighted by molar-refractivity contribution is 5.51. The Kier molecular flexibility index (Phi) is 5.16. The van der Waals surface area contributed by atoms with Crippen LogP contribution >= 0.6 is 0 Å². The van der Waals surface area contributed by atoms with Gasteiger partial charge < -0.3 is 15.1 Å². The first-order valence-corrected chi connectivity index (χ1v) is 7.26. The summed E-state index contributed by atoms with van der Waals surface area (Å²) in [6.07, 6.45) is 5.13. The highest BCUT2D eigenvalue weighted by Gasteiger charge is 2.15. The second-order valence-electron chi connectivity index (χ2n) is 5.68. The Morgan fingerprint density at radius 1 is 1.26 bits per heavy atom. The molecule has 106 valence electrons. The Balaban J connectivity index is 2.09. The molecule has 0 unspecified atom stereocenters. The standard InChI is InChI=1S/C15H26N4/c1-13(2)17-11-14-5-6-16-12-15(14)19-8-4-7-18(3)9-10-19/h5-6,12-13,17H,4,7-11H2,1-3H3. The van der Waals surface area contributed by atoms with Crippen molar-refractivity contribution in [3.8, 4) is 0 Å². The van der Waals surface area contributed by atoms with E-state index in [9.17, 15) is 0 Å². The molecule has 4 nitrogen and oxygen atoms in total. The molecular formula is C15H26N4. The van der Waals surface area contributed by atoms with Crippen LogP contribution in [0.5, 0.6) is 0 Å². The van der Waals surface area contributed by atoms with Gasteiger partial charge in [0, 0.05) is 38.4 Å². The van der Waals surface area contributed by atoms with Gasteiger partial charge in [-0.2, -0.15) is 0 Å². The number of hydrogen-bond acceptors (Lipinski definition) is 4. The minimum absolute atomic E-state index is 0.510. The molecule has 0 aliphatic carbocycles. The molecule has 0 saturated carbocycles. The summed E-state index contributed by atoms with van der Waals surface area (Å²) in [6.45, 7) is 9.83. The minimum Gasteiger partial charge on any atom is -0.369 e. The molecule has 1 aromatic heterocycles. The van der Waals surface area contributed by atoms with Gasteiger partial charge in [0.15, 0.2) is 0 Å². The molecule has 0 aromatic carbocycles. The molecule has 1 N–H and O–H groups in total. The van der Waals surface area contributed by atoms with Gasteiger partial charge >= 0.3 is 0 Å². The lowest BCUT2D eigenvalue weighted by atomic mass is 10.2. The van der Waals surface area contributed by atoms with Crippen LogP contribution in [-0.4, -0.2) is 49.2 Å². The minimum atomic E-state index is 0.510. The highest BCUT2D eigenvalue weighted by Crippen LogP contribution is 2.20. The van der Waals surface area contributed by atoms with E-state index >= 15 is 0 Å². The van der Waals surface area contributed by atoms with Gasteiger partial charge in [0.25, 0.3) is 0 Å². The third-order valence-corrected chi connectivity index (χ3v) is 3.65. The van der Waals surface area contributed by atoms with Gasteiger partial charge in [0.05, 0.1) is 11.9 Å². The summed E-state index contributed by atoms with van der Waals surface area (Å²) in [5.41, 5.74) is 2.65. The maximum absolute atomic E-state index is 4.31. The molecule has 4 heteroatoms. The van der Waals surface area contributed by atoms with E-state index in [-0.39, 0.29) is 0 Å². The number of anilines is 1. The molecule has 0 spiro atoms. The van der Waals surface area contributed by atoms with E-state index in [1.807, 2.05) is 12.4 Å². The number of nitrogens with one attached hydrogen (secondary N) is 1. The van der Waals surface area contributed by atoms with Crippen molar-refractivity contribution in [2.75, 3.05) is 38.1 Å². The van der Waals surface area contributed by atoms with Crippen molar-refractivity contribution >= 4 is 5.69 Å². The van der Waals surface area contributed by atoms with Crippen molar-refractivity contribution in [1.29, 1.82) is 0 Å². The van der Waals surface area contributed by atoms with Gasteiger partial charge in [0.1, 0.15) is 0 Å². The lowest BCUT2D eigenvalue weighted by Crippen LogP contribution is -2.30. The smallest absolute Gasteiger partial charge is 0.0598 e. The zero-order chi connectivity index (χ0) is 13.7. The third-order valence-electron chi connectivity index (χ3n) is 3.65. The predicted molar refractivity (Wildman–Crippen MR) is 80.5 cm³/mol. The van der Waals surface area contributed by atoms with Crippen LogP contribution in [-0.2, 0) is 6.54 Å². The van der Waals surface area contributed by atoms with Crippen molar-refractivity contribution in [2.24, 2.45) is 0 Å². The van der Waals surface area contributed by atoms with Gasteiger partial charge in [-0.3, -0.25) is 4.98 Å². The maximum Gasteiger partial charge on any atom is 0.0598 e. The Morgan fingerprint density at radius 2 is 2.11 bits per heavy atom. The molecule has 1 aromatic rings. The Morgan fingerprint density at radius 3 is 2.89 bits per heavy atom. The van der Waals surface area contributed by atoms with Crippen molar-refractivity contribution in [1.82, 2.24) is 15.2 Å². The number of hydrogen-bond donors (Lipinski definition) is 1. The zero-order valence-corrected chi connectivity index (χ0v) is 12.4. The SMILES string of the molecule is CC(C)NCc1ccncc1N1CCCN(C)CC1. The third kappa shape index (κ3) is 4.18. The maximum atomic E-state index is 4.31. The van der Waals surface area contributed by atoms with Gasteiger partial charge in [-0.25, -0.2) is 0 Å². The molecule has 0 atom stereocenters. The number of likely N-dealkylation sites (N-methyl/N-ethyl adjacent to an activating group) is 1. The summed E-state index contributed by atoms with van der Waals surface area (Å²) in [5.74, 6) is 0. The largest absolute Gasteiger partial charge is 0.369 e. The second kappa shape index (κ2) is 6.87. The fourth-order valence-electron chi connectivity index (χ4n) is 2.45. The van der Waals surface area contributed by atoms with Crippen LogP contribution in [0.2, 0.25) is 0 Å². The summed E-state index contributed by atoms with van der Waals surface area (Å²) in [4.78, 5) is 9.20. The highest BCUT2D eigenvalue weighted by atomic mass is 15.2.